The van der Waals surface area contributed by atoms with Crippen LogP contribution in [0.2, 0.25) is 5.02 Å². The molecule has 1 aliphatic heterocycles. The van der Waals surface area contributed by atoms with Crippen LogP contribution in [0.25, 0.3) is 0 Å². The Hall–Kier alpha value is -3.96. The number of hydrogen-bond acceptors (Lipinski definition) is 8. The van der Waals surface area contributed by atoms with Crippen molar-refractivity contribution in [2.45, 2.75) is 5.92 Å². The normalized spacial score (nSPS) is 15.8. The van der Waals surface area contributed by atoms with E-state index in [9.17, 15) is 14.9 Å². The minimum absolute atomic E-state index is 0.0202. The van der Waals surface area contributed by atoms with Gasteiger partial charge < -0.3 is 20.5 Å². The number of nitrogens with zero attached hydrogens (tertiary/aromatic N) is 2. The number of nitriles is 1. The third-order valence-corrected chi connectivity index (χ3v) is 5.31. The van der Waals surface area contributed by atoms with Gasteiger partial charge in [0.25, 0.3) is 0 Å². The summed E-state index contributed by atoms with van der Waals surface area (Å²) in [7, 11) is 4.06. The molecule has 0 saturated carbocycles. The number of esters is 2. The van der Waals surface area contributed by atoms with Gasteiger partial charge in [0.2, 0.25) is 0 Å². The van der Waals surface area contributed by atoms with Crippen LogP contribution in [0.5, 0.6) is 0 Å². The van der Waals surface area contributed by atoms with Crippen LogP contribution in [0, 0.1) is 11.3 Å². The second kappa shape index (κ2) is 9.45. The standard InChI is InChI=1S/C23H21ClN4O4/c1-27-16-11-14(24)9-10-17(16)28-20(23(30)32-3)19(22(29)31-2)18(15(12-25)21(28)26)13-7-5-4-6-8-13/h4-11,18,27H,26H2,1-3H3. The summed E-state index contributed by atoms with van der Waals surface area (Å²) in [4.78, 5) is 27.4. The molecule has 164 valence electrons. The van der Waals surface area contributed by atoms with Gasteiger partial charge in [0.05, 0.1) is 48.7 Å². The molecule has 1 atom stereocenters. The molecule has 2 aromatic carbocycles. The van der Waals surface area contributed by atoms with Crippen LogP contribution >= 0.6 is 11.6 Å². The number of nitrogens with two attached hydrogens (primary N) is 1. The van der Waals surface area contributed by atoms with Crippen LogP contribution < -0.4 is 16.0 Å². The van der Waals surface area contributed by atoms with Crippen molar-refractivity contribution < 1.29 is 19.1 Å². The lowest BCUT2D eigenvalue weighted by atomic mass is 9.81. The Morgan fingerprint density at radius 1 is 1.12 bits per heavy atom. The maximum atomic E-state index is 13.0. The minimum Gasteiger partial charge on any atom is -0.466 e. The summed E-state index contributed by atoms with van der Waals surface area (Å²) in [5.41, 5.74) is 7.85. The Balaban J connectivity index is 2.44. The quantitative estimate of drug-likeness (QED) is 0.663. The van der Waals surface area contributed by atoms with Crippen molar-refractivity contribution in [1.82, 2.24) is 0 Å². The summed E-state index contributed by atoms with van der Waals surface area (Å²) in [5.74, 6) is -2.55. The van der Waals surface area contributed by atoms with E-state index in [0.717, 1.165) is 0 Å². The Morgan fingerprint density at radius 2 is 1.78 bits per heavy atom. The van der Waals surface area contributed by atoms with Gasteiger partial charge in [0.1, 0.15) is 11.5 Å². The molecule has 0 saturated heterocycles. The van der Waals surface area contributed by atoms with E-state index in [1.165, 1.54) is 19.1 Å². The van der Waals surface area contributed by atoms with Crippen LogP contribution in [-0.4, -0.2) is 33.2 Å². The number of hydrogen-bond donors (Lipinski definition) is 2. The molecular weight excluding hydrogens is 432 g/mol. The first-order valence-electron chi connectivity index (χ1n) is 9.52. The van der Waals surface area contributed by atoms with E-state index in [4.69, 9.17) is 26.8 Å². The maximum Gasteiger partial charge on any atom is 0.355 e. The van der Waals surface area contributed by atoms with Crippen molar-refractivity contribution in [3.63, 3.8) is 0 Å². The number of ether oxygens (including phenoxy) is 2. The second-order valence-corrected chi connectivity index (χ2v) is 7.18. The molecule has 9 heteroatoms. The van der Waals surface area contributed by atoms with Gasteiger partial charge in [0, 0.05) is 12.1 Å². The molecule has 32 heavy (non-hydrogen) atoms. The second-order valence-electron chi connectivity index (χ2n) is 6.75. The maximum absolute atomic E-state index is 13.0. The van der Waals surface area contributed by atoms with Crippen LogP contribution in [0.4, 0.5) is 11.4 Å². The Morgan fingerprint density at radius 3 is 2.34 bits per heavy atom. The highest BCUT2D eigenvalue weighted by atomic mass is 35.5. The Bertz CT molecular complexity index is 1170. The molecule has 1 aliphatic rings. The lowest BCUT2D eigenvalue weighted by Crippen LogP contribution is -2.41. The van der Waals surface area contributed by atoms with Gasteiger partial charge in [-0.2, -0.15) is 5.26 Å². The molecule has 0 aromatic heterocycles. The summed E-state index contributed by atoms with van der Waals surface area (Å²) in [5, 5.41) is 13.5. The highest BCUT2D eigenvalue weighted by Crippen LogP contribution is 2.45. The topological polar surface area (TPSA) is 118 Å². The molecule has 0 radical (unpaired) electrons. The molecular formula is C23H21ClN4O4. The number of carbonyl (C=O) groups excluding carboxylic acids is 2. The first-order chi connectivity index (χ1) is 15.4. The van der Waals surface area contributed by atoms with Crippen molar-refractivity contribution in [3.8, 4) is 6.07 Å². The van der Waals surface area contributed by atoms with E-state index in [1.54, 1.807) is 55.6 Å². The zero-order valence-electron chi connectivity index (χ0n) is 17.7. The van der Waals surface area contributed by atoms with Gasteiger partial charge in [-0.05, 0) is 23.8 Å². The van der Waals surface area contributed by atoms with Gasteiger partial charge >= 0.3 is 11.9 Å². The van der Waals surface area contributed by atoms with Gasteiger partial charge in [0.15, 0.2) is 0 Å². The largest absolute Gasteiger partial charge is 0.466 e. The molecule has 0 aliphatic carbocycles. The average molecular weight is 453 g/mol. The fourth-order valence-corrected chi connectivity index (χ4v) is 3.84. The first kappa shape index (κ1) is 22.7. The number of anilines is 2. The fraction of sp³-hybridized carbons (Fsp3) is 0.174. The Kier molecular flexibility index (Phi) is 6.71. The van der Waals surface area contributed by atoms with Crippen LogP contribution in [0.3, 0.4) is 0 Å². The SMILES string of the molecule is CNc1cc(Cl)ccc1N1C(N)=C(C#N)C(c2ccccc2)C(C(=O)OC)=C1C(=O)OC. The third kappa shape index (κ3) is 3.86. The van der Waals surface area contributed by atoms with Gasteiger partial charge in [-0.15, -0.1) is 0 Å². The van der Waals surface area contributed by atoms with E-state index in [1.807, 2.05) is 0 Å². The third-order valence-electron chi connectivity index (χ3n) is 5.08. The molecule has 8 nitrogen and oxygen atoms in total. The molecule has 3 N–H and O–H groups in total. The summed E-state index contributed by atoms with van der Waals surface area (Å²) < 4.78 is 10.0. The van der Waals surface area contributed by atoms with Crippen LogP contribution in [-0.2, 0) is 19.1 Å². The number of carbonyl (C=O) groups is 2. The minimum atomic E-state index is -0.927. The first-order valence-corrected chi connectivity index (χ1v) is 9.90. The van der Waals surface area contributed by atoms with Gasteiger partial charge in [-0.3, -0.25) is 4.90 Å². The predicted octanol–water partition coefficient (Wildman–Crippen LogP) is 3.28. The number of benzene rings is 2. The van der Waals surface area contributed by atoms with Crippen molar-refractivity contribution in [3.05, 3.63) is 81.8 Å². The van der Waals surface area contributed by atoms with Gasteiger partial charge in [-0.1, -0.05) is 41.9 Å². The predicted molar refractivity (Wildman–Crippen MR) is 121 cm³/mol. The number of halogens is 1. The summed E-state index contributed by atoms with van der Waals surface area (Å²) in [6, 6.07) is 15.8. The number of allylic oxidation sites excluding steroid dienone is 1. The van der Waals surface area contributed by atoms with E-state index < -0.39 is 17.9 Å². The summed E-state index contributed by atoms with van der Waals surface area (Å²) in [6.07, 6.45) is 0. The fourth-order valence-electron chi connectivity index (χ4n) is 3.67. The molecule has 3 rings (SSSR count). The molecule has 0 spiro atoms. The van der Waals surface area contributed by atoms with E-state index >= 15 is 0 Å². The molecule has 0 bridgehead atoms. The molecule has 2 aromatic rings. The number of rotatable bonds is 5. The monoisotopic (exact) mass is 452 g/mol. The van der Waals surface area contributed by atoms with Crippen molar-refractivity contribution in [2.24, 2.45) is 5.73 Å². The Labute approximate surface area is 190 Å². The highest BCUT2D eigenvalue weighted by Gasteiger charge is 2.43. The number of nitrogens with one attached hydrogen (secondary N) is 1. The van der Waals surface area contributed by atoms with E-state index in [-0.39, 0.29) is 22.7 Å². The smallest absolute Gasteiger partial charge is 0.355 e. The van der Waals surface area contributed by atoms with Crippen molar-refractivity contribution >= 4 is 34.9 Å². The molecule has 0 fully saturated rings. The summed E-state index contributed by atoms with van der Waals surface area (Å²) in [6.45, 7) is 0. The molecule has 0 amide bonds. The van der Waals surface area contributed by atoms with E-state index in [0.29, 0.717) is 22.0 Å². The molecule has 1 unspecified atom stereocenters. The summed E-state index contributed by atoms with van der Waals surface area (Å²) >= 11 is 6.13. The zero-order valence-corrected chi connectivity index (χ0v) is 18.4. The number of methoxy groups -OCH3 is 2. The van der Waals surface area contributed by atoms with E-state index in [2.05, 4.69) is 11.4 Å². The van der Waals surface area contributed by atoms with Crippen molar-refractivity contribution in [2.75, 3.05) is 31.5 Å². The van der Waals surface area contributed by atoms with Crippen LogP contribution in [0.15, 0.2) is 71.2 Å². The lowest BCUT2D eigenvalue weighted by molar-refractivity contribution is -0.139. The highest BCUT2D eigenvalue weighted by molar-refractivity contribution is 6.31. The van der Waals surface area contributed by atoms with Gasteiger partial charge in [-0.25, -0.2) is 9.59 Å². The zero-order chi connectivity index (χ0) is 23.4. The lowest BCUT2D eigenvalue weighted by Gasteiger charge is -2.36. The molecule has 1 heterocycles. The van der Waals surface area contributed by atoms with Crippen LogP contribution in [0.1, 0.15) is 11.5 Å². The van der Waals surface area contributed by atoms with Crippen molar-refractivity contribution in [1.29, 1.82) is 5.26 Å². The average Bonchev–Trinajstić information content (AvgIpc) is 2.82.